The largest absolute Gasteiger partial charge is 0.494 e. The van der Waals surface area contributed by atoms with Crippen molar-refractivity contribution in [2.75, 3.05) is 12.9 Å². The van der Waals surface area contributed by atoms with Crippen LogP contribution in [0.2, 0.25) is 0 Å². The van der Waals surface area contributed by atoms with Crippen molar-refractivity contribution in [3.8, 4) is 34.0 Å². The van der Waals surface area contributed by atoms with Gasteiger partial charge in [-0.1, -0.05) is 18.7 Å². The molecule has 3 aromatic rings. The quantitative estimate of drug-likeness (QED) is 0.469. The van der Waals surface area contributed by atoms with E-state index in [1.165, 1.54) is 11.8 Å². The van der Waals surface area contributed by atoms with Crippen LogP contribution in [0.1, 0.15) is 27.2 Å². The molecule has 3 rings (SSSR count). The molecule has 5 nitrogen and oxygen atoms in total. The number of ether oxygens (including phenoxy) is 2. The molecule has 0 aliphatic carbocycles. The lowest BCUT2D eigenvalue weighted by atomic mass is 10.0. The zero-order chi connectivity index (χ0) is 19.9. The number of hydrogen-bond donors (Lipinski definition) is 0. The van der Waals surface area contributed by atoms with Crippen LogP contribution < -0.4 is 9.47 Å². The zero-order valence-electron chi connectivity index (χ0n) is 16.7. The van der Waals surface area contributed by atoms with Gasteiger partial charge in [-0.25, -0.2) is 4.98 Å². The normalized spacial score (nSPS) is 10.9. The lowest BCUT2D eigenvalue weighted by Crippen LogP contribution is -2.05. The van der Waals surface area contributed by atoms with Crippen molar-refractivity contribution in [3.63, 3.8) is 0 Å². The maximum Gasteiger partial charge on any atom is 0.209 e. The highest BCUT2D eigenvalue weighted by Crippen LogP contribution is 2.31. The van der Waals surface area contributed by atoms with Crippen molar-refractivity contribution >= 4 is 11.8 Å². The first-order valence-electron chi connectivity index (χ1n) is 9.39. The van der Waals surface area contributed by atoms with Gasteiger partial charge in [0.2, 0.25) is 5.16 Å². The molecule has 28 heavy (non-hydrogen) atoms. The van der Waals surface area contributed by atoms with Crippen LogP contribution in [0.4, 0.5) is 0 Å². The fourth-order valence-corrected chi connectivity index (χ4v) is 2.99. The monoisotopic (exact) mass is 395 g/mol. The Kier molecular flexibility index (Phi) is 6.87. The summed E-state index contributed by atoms with van der Waals surface area (Å²) in [7, 11) is 0. The summed E-state index contributed by atoms with van der Waals surface area (Å²) < 4.78 is 11.4. The van der Waals surface area contributed by atoms with Gasteiger partial charge >= 0.3 is 0 Å². The van der Waals surface area contributed by atoms with E-state index in [9.17, 15) is 0 Å². The van der Waals surface area contributed by atoms with Crippen LogP contribution in [0.3, 0.4) is 0 Å². The van der Waals surface area contributed by atoms with Gasteiger partial charge in [0.25, 0.3) is 0 Å². The Bertz CT molecular complexity index is 897. The summed E-state index contributed by atoms with van der Waals surface area (Å²) in [6, 6.07) is 15.8. The lowest BCUT2D eigenvalue weighted by molar-refractivity contribution is 0.242. The summed E-state index contributed by atoms with van der Waals surface area (Å²) in [6.45, 7) is 6.82. The Morgan fingerprint density at radius 3 is 2.04 bits per heavy atom. The molecule has 0 spiro atoms. The van der Waals surface area contributed by atoms with Crippen molar-refractivity contribution in [2.45, 2.75) is 38.5 Å². The number of nitrogens with zero attached hydrogens (tertiary/aromatic N) is 3. The Morgan fingerprint density at radius 2 is 1.46 bits per heavy atom. The highest BCUT2D eigenvalue weighted by atomic mass is 32.2. The molecule has 0 unspecified atom stereocenters. The predicted octanol–water partition coefficient (Wildman–Crippen LogP) is 5.50. The molecule has 146 valence electrons. The average molecular weight is 396 g/mol. The Labute approximate surface area is 170 Å². The summed E-state index contributed by atoms with van der Waals surface area (Å²) in [5, 5.41) is 9.33. The maximum atomic E-state index is 5.73. The van der Waals surface area contributed by atoms with Crippen LogP contribution in [-0.4, -0.2) is 34.1 Å². The molecule has 6 heteroatoms. The van der Waals surface area contributed by atoms with Crippen molar-refractivity contribution in [1.29, 1.82) is 0 Å². The number of hydrogen-bond acceptors (Lipinski definition) is 6. The number of aromatic nitrogens is 3. The molecule has 0 N–H and O–H groups in total. The fraction of sp³-hybridized carbons (Fsp3) is 0.318. The summed E-state index contributed by atoms with van der Waals surface area (Å²) in [4.78, 5) is 4.72. The second-order valence-electron chi connectivity index (χ2n) is 6.56. The molecule has 1 aromatic heterocycles. The molecule has 2 aromatic carbocycles. The molecule has 0 aliphatic rings. The van der Waals surface area contributed by atoms with E-state index < -0.39 is 0 Å². The van der Waals surface area contributed by atoms with Crippen molar-refractivity contribution in [3.05, 3.63) is 48.5 Å². The van der Waals surface area contributed by atoms with Gasteiger partial charge < -0.3 is 9.47 Å². The molecular weight excluding hydrogens is 370 g/mol. The molecule has 0 radical (unpaired) electrons. The second kappa shape index (κ2) is 9.55. The van der Waals surface area contributed by atoms with E-state index in [2.05, 4.69) is 17.1 Å². The molecule has 0 amide bonds. The lowest BCUT2D eigenvalue weighted by Gasteiger charge is -2.12. The first kappa shape index (κ1) is 20.1. The van der Waals surface area contributed by atoms with E-state index in [0.717, 1.165) is 40.4 Å². The van der Waals surface area contributed by atoms with Gasteiger partial charge in [-0.3, -0.25) is 0 Å². The molecule has 0 aliphatic heterocycles. The van der Waals surface area contributed by atoms with E-state index in [4.69, 9.17) is 14.5 Å². The number of thioether (sulfide) groups is 1. The number of rotatable bonds is 8. The van der Waals surface area contributed by atoms with Gasteiger partial charge in [0.05, 0.1) is 12.7 Å². The molecule has 0 bridgehead atoms. The summed E-state index contributed by atoms with van der Waals surface area (Å²) in [5.41, 5.74) is 3.48. The van der Waals surface area contributed by atoms with Gasteiger partial charge in [-0.2, -0.15) is 0 Å². The third-order valence-corrected chi connectivity index (χ3v) is 4.49. The van der Waals surface area contributed by atoms with Gasteiger partial charge in [0, 0.05) is 11.1 Å². The number of benzene rings is 2. The Hall–Kier alpha value is -2.60. The molecule has 0 atom stereocenters. The second-order valence-corrected chi connectivity index (χ2v) is 7.33. The van der Waals surface area contributed by atoms with Crippen LogP contribution in [0.5, 0.6) is 11.5 Å². The van der Waals surface area contributed by atoms with Crippen LogP contribution >= 0.6 is 11.8 Å². The summed E-state index contributed by atoms with van der Waals surface area (Å²) in [5.74, 6) is 1.69. The minimum atomic E-state index is 0.136. The van der Waals surface area contributed by atoms with Gasteiger partial charge in [0.1, 0.15) is 22.9 Å². The van der Waals surface area contributed by atoms with Crippen molar-refractivity contribution < 1.29 is 9.47 Å². The van der Waals surface area contributed by atoms with Gasteiger partial charge in [0.15, 0.2) is 0 Å². The molecule has 0 saturated carbocycles. The highest BCUT2D eigenvalue weighted by molar-refractivity contribution is 7.98. The first-order valence-corrected chi connectivity index (χ1v) is 10.6. The van der Waals surface area contributed by atoms with Crippen LogP contribution in [0, 0.1) is 0 Å². The minimum Gasteiger partial charge on any atom is -0.494 e. The average Bonchev–Trinajstić information content (AvgIpc) is 2.72. The third-order valence-electron chi connectivity index (χ3n) is 3.95. The van der Waals surface area contributed by atoms with Crippen molar-refractivity contribution in [1.82, 2.24) is 15.2 Å². The van der Waals surface area contributed by atoms with E-state index in [1.54, 1.807) is 0 Å². The van der Waals surface area contributed by atoms with E-state index >= 15 is 0 Å². The smallest absolute Gasteiger partial charge is 0.209 e. The summed E-state index contributed by atoms with van der Waals surface area (Å²) in [6.07, 6.45) is 3.06. The van der Waals surface area contributed by atoms with Crippen LogP contribution in [0.15, 0.2) is 53.7 Å². The standard InChI is InChI=1S/C22H25N3O2S/c1-5-14-26-18-10-6-16(7-11-18)20-21(24-25-22(23-20)28-4)17-8-12-19(13-9-17)27-15(2)3/h6-13,15H,5,14H2,1-4H3. The van der Waals surface area contributed by atoms with E-state index in [1.807, 2.05) is 68.6 Å². The Balaban J connectivity index is 1.96. The molecular formula is C22H25N3O2S. The molecule has 0 saturated heterocycles. The SMILES string of the molecule is CCCOc1ccc(-c2nc(SC)nnc2-c2ccc(OC(C)C)cc2)cc1. The predicted molar refractivity (Wildman–Crippen MR) is 114 cm³/mol. The van der Waals surface area contributed by atoms with Crippen LogP contribution in [-0.2, 0) is 0 Å². The fourth-order valence-electron chi connectivity index (χ4n) is 2.69. The zero-order valence-corrected chi connectivity index (χ0v) is 17.5. The van der Waals surface area contributed by atoms with Gasteiger partial charge in [-0.15, -0.1) is 10.2 Å². The first-order chi connectivity index (χ1) is 13.6. The molecule has 1 heterocycles. The Morgan fingerprint density at radius 1 is 0.857 bits per heavy atom. The summed E-state index contributed by atoms with van der Waals surface area (Å²) >= 11 is 1.48. The van der Waals surface area contributed by atoms with Gasteiger partial charge in [-0.05, 0) is 75.1 Å². The van der Waals surface area contributed by atoms with Crippen molar-refractivity contribution in [2.24, 2.45) is 0 Å². The molecule has 0 fully saturated rings. The topological polar surface area (TPSA) is 57.1 Å². The maximum absolute atomic E-state index is 5.73. The highest BCUT2D eigenvalue weighted by Gasteiger charge is 2.14. The van der Waals surface area contributed by atoms with E-state index in [0.29, 0.717) is 11.8 Å². The van der Waals surface area contributed by atoms with E-state index in [-0.39, 0.29) is 6.10 Å². The third kappa shape index (κ3) is 5.01. The minimum absolute atomic E-state index is 0.136. The van der Waals surface area contributed by atoms with Crippen LogP contribution in [0.25, 0.3) is 22.5 Å².